The van der Waals surface area contributed by atoms with Crippen LogP contribution in [0, 0.1) is 20.8 Å². The lowest BCUT2D eigenvalue weighted by Crippen LogP contribution is -2.83. The van der Waals surface area contributed by atoms with Crippen molar-refractivity contribution >= 4 is 11.5 Å². The Hall–Kier alpha value is -2.33. The summed E-state index contributed by atoms with van der Waals surface area (Å²) in [6, 6.07) is 13.2. The maximum atomic E-state index is 6.06. The summed E-state index contributed by atoms with van der Waals surface area (Å²) < 4.78 is 6.06. The van der Waals surface area contributed by atoms with Crippen LogP contribution in [0.5, 0.6) is 0 Å². The zero-order valence-electron chi connectivity index (χ0n) is 14.4. The van der Waals surface area contributed by atoms with Crippen molar-refractivity contribution in [3.8, 4) is 0 Å². The van der Waals surface area contributed by atoms with Crippen LogP contribution >= 0.6 is 0 Å². The van der Waals surface area contributed by atoms with Gasteiger partial charge in [-0.15, -0.1) is 0 Å². The van der Waals surface area contributed by atoms with Crippen molar-refractivity contribution in [2.24, 2.45) is 0 Å². The van der Waals surface area contributed by atoms with Crippen LogP contribution in [0.15, 0.2) is 36.4 Å². The van der Waals surface area contributed by atoms with E-state index in [1.165, 1.54) is 27.8 Å². The molecule has 0 bridgehead atoms. The molecule has 0 unspecified atom stereocenters. The standard InChI is InChI=1S/C20H23N3O/c1-12-8-13(2)19(14(3)9-12)23-22-18-11-24-17-10-15-6-4-5-7-16(15)20(17)21-18/h4-9,17,20,23H,10-11H2,1-3H3,(H,21,22)/p+1/t17-,20+/m1/s1. The van der Waals surface area contributed by atoms with Crippen molar-refractivity contribution in [2.45, 2.75) is 39.3 Å². The molecule has 2 aromatic carbocycles. The summed E-state index contributed by atoms with van der Waals surface area (Å²) in [4.78, 5) is 3.61. The van der Waals surface area contributed by atoms with Crippen LogP contribution in [0.4, 0.5) is 5.69 Å². The van der Waals surface area contributed by atoms with Gasteiger partial charge in [-0.25, -0.2) is 5.43 Å². The highest BCUT2D eigenvalue weighted by Gasteiger charge is 2.38. The largest absolute Gasteiger partial charge is 0.360 e. The fourth-order valence-electron chi connectivity index (χ4n) is 3.89. The molecule has 3 N–H and O–H groups in total. The third-order valence-electron chi connectivity index (χ3n) is 4.97. The normalized spacial score (nSPS) is 21.7. The van der Waals surface area contributed by atoms with Gasteiger partial charge in [-0.1, -0.05) is 42.0 Å². The number of fused-ring (bicyclic) bond motifs is 3. The van der Waals surface area contributed by atoms with Crippen molar-refractivity contribution in [1.82, 2.24) is 5.43 Å². The highest BCUT2D eigenvalue weighted by molar-refractivity contribution is 5.80. The topological polar surface area (TPSA) is 47.3 Å². The lowest BCUT2D eigenvalue weighted by atomic mass is 10.1. The molecule has 124 valence electrons. The smallest absolute Gasteiger partial charge is 0.292 e. The van der Waals surface area contributed by atoms with Crippen LogP contribution in [0.2, 0.25) is 0 Å². The van der Waals surface area contributed by atoms with E-state index in [1.807, 2.05) is 0 Å². The van der Waals surface area contributed by atoms with Gasteiger partial charge in [0, 0.05) is 12.0 Å². The quantitative estimate of drug-likeness (QED) is 0.738. The number of amidine groups is 1. The molecule has 0 spiro atoms. The molecule has 0 saturated carbocycles. The predicted octanol–water partition coefficient (Wildman–Crippen LogP) is 1.70. The first-order valence-electron chi connectivity index (χ1n) is 8.53. The Balaban J connectivity index is 1.53. The summed E-state index contributed by atoms with van der Waals surface area (Å²) in [5, 5.41) is 0. The minimum Gasteiger partial charge on any atom is -0.360 e. The molecule has 4 heteroatoms. The summed E-state index contributed by atoms with van der Waals surface area (Å²) in [6.45, 7) is 6.96. The van der Waals surface area contributed by atoms with Crippen molar-refractivity contribution in [3.05, 3.63) is 64.2 Å². The van der Waals surface area contributed by atoms with E-state index in [-0.39, 0.29) is 12.1 Å². The van der Waals surface area contributed by atoms with Gasteiger partial charge in [-0.05, 0) is 37.5 Å². The molecule has 0 saturated heterocycles. The summed E-state index contributed by atoms with van der Waals surface area (Å²) in [5.74, 6) is 0.979. The number of anilines is 1. The molecule has 0 radical (unpaired) electrons. The zero-order chi connectivity index (χ0) is 16.7. The summed E-state index contributed by atoms with van der Waals surface area (Å²) in [6.07, 6.45) is 1.22. The molecule has 4 rings (SSSR count). The molecule has 1 heterocycles. The molecular weight excluding hydrogens is 298 g/mol. The highest BCUT2D eigenvalue weighted by atomic mass is 16.5. The van der Waals surface area contributed by atoms with Gasteiger partial charge >= 0.3 is 0 Å². The number of ether oxygens (including phenoxy) is 1. The van der Waals surface area contributed by atoms with Gasteiger partial charge in [-0.3, -0.25) is 4.99 Å². The maximum absolute atomic E-state index is 6.06. The highest BCUT2D eigenvalue weighted by Crippen LogP contribution is 2.31. The fourth-order valence-corrected chi connectivity index (χ4v) is 3.89. The van der Waals surface area contributed by atoms with Gasteiger partial charge in [0.2, 0.25) is 0 Å². The first-order chi connectivity index (χ1) is 11.6. The number of aryl methyl sites for hydroxylation is 3. The minimum atomic E-state index is 0.232. The van der Waals surface area contributed by atoms with Crippen LogP contribution in [-0.2, 0) is 11.2 Å². The second-order valence-electron chi connectivity index (χ2n) is 6.88. The fraction of sp³-hybridized carbons (Fsp3) is 0.350. The molecule has 0 fully saturated rings. The minimum absolute atomic E-state index is 0.232. The van der Waals surface area contributed by atoms with Crippen molar-refractivity contribution in [2.75, 3.05) is 12.0 Å². The Kier molecular flexibility index (Phi) is 3.77. The van der Waals surface area contributed by atoms with Gasteiger partial charge < -0.3 is 4.74 Å². The molecule has 2 aliphatic rings. The van der Waals surface area contributed by atoms with E-state index in [9.17, 15) is 0 Å². The number of hydrogen-bond acceptors (Lipinski definition) is 3. The molecule has 24 heavy (non-hydrogen) atoms. The number of nitrogens with one attached hydrogen (secondary N) is 3. The van der Waals surface area contributed by atoms with E-state index in [0.717, 1.165) is 17.9 Å². The third kappa shape index (κ3) is 2.67. The van der Waals surface area contributed by atoms with Crippen LogP contribution in [-0.4, -0.2) is 18.5 Å². The van der Waals surface area contributed by atoms with E-state index in [2.05, 4.69) is 73.0 Å². The maximum Gasteiger partial charge on any atom is 0.292 e. The number of benzene rings is 2. The Morgan fingerprint density at radius 2 is 1.79 bits per heavy atom. The average Bonchev–Trinajstić information content (AvgIpc) is 2.92. The Labute approximate surface area is 142 Å². The molecule has 2 atom stereocenters. The number of hydrazine groups is 1. The SMILES string of the molecule is Cc1cc(C)c(NNC2=[NH+][C@H]3c4ccccc4C[C@H]3OC2)c(C)c1. The second kappa shape index (κ2) is 5.95. The van der Waals surface area contributed by atoms with Crippen molar-refractivity contribution in [3.63, 3.8) is 0 Å². The lowest BCUT2D eigenvalue weighted by Gasteiger charge is -2.22. The Morgan fingerprint density at radius 1 is 1.04 bits per heavy atom. The first kappa shape index (κ1) is 15.2. The van der Waals surface area contributed by atoms with Crippen LogP contribution in [0.3, 0.4) is 0 Å². The molecular formula is C20H24N3O+. The molecule has 4 nitrogen and oxygen atoms in total. The molecule has 0 amide bonds. The number of rotatable bonds is 2. The Morgan fingerprint density at radius 3 is 2.58 bits per heavy atom. The monoisotopic (exact) mass is 322 g/mol. The predicted molar refractivity (Wildman–Crippen MR) is 96.0 cm³/mol. The van der Waals surface area contributed by atoms with E-state index >= 15 is 0 Å². The average molecular weight is 322 g/mol. The van der Waals surface area contributed by atoms with E-state index in [1.54, 1.807) is 0 Å². The molecule has 2 aromatic rings. The van der Waals surface area contributed by atoms with Crippen LogP contribution in [0.25, 0.3) is 0 Å². The first-order valence-corrected chi connectivity index (χ1v) is 8.53. The van der Waals surface area contributed by atoms with Gasteiger partial charge in [0.15, 0.2) is 0 Å². The summed E-state index contributed by atoms with van der Waals surface area (Å²) in [5.41, 5.74) is 14.3. The number of hydrogen-bond donors (Lipinski definition) is 3. The third-order valence-corrected chi connectivity index (χ3v) is 4.97. The van der Waals surface area contributed by atoms with Crippen molar-refractivity contribution < 1.29 is 9.73 Å². The van der Waals surface area contributed by atoms with E-state index in [4.69, 9.17) is 4.74 Å². The van der Waals surface area contributed by atoms with Gasteiger partial charge in [0.25, 0.3) is 5.84 Å². The molecule has 1 aliphatic carbocycles. The van der Waals surface area contributed by atoms with Crippen molar-refractivity contribution in [1.29, 1.82) is 0 Å². The molecule has 1 aliphatic heterocycles. The zero-order valence-corrected chi connectivity index (χ0v) is 14.4. The van der Waals surface area contributed by atoms with Gasteiger partial charge in [0.1, 0.15) is 18.8 Å². The van der Waals surface area contributed by atoms with E-state index in [0.29, 0.717) is 6.61 Å². The van der Waals surface area contributed by atoms with Gasteiger partial charge in [-0.2, -0.15) is 5.43 Å². The lowest BCUT2D eigenvalue weighted by molar-refractivity contribution is -0.536. The van der Waals surface area contributed by atoms with Crippen LogP contribution in [0.1, 0.15) is 33.9 Å². The second-order valence-corrected chi connectivity index (χ2v) is 6.88. The van der Waals surface area contributed by atoms with Crippen LogP contribution < -0.4 is 15.8 Å². The summed E-state index contributed by atoms with van der Waals surface area (Å²) in [7, 11) is 0. The summed E-state index contributed by atoms with van der Waals surface area (Å²) >= 11 is 0. The Bertz CT molecular complexity index is 789. The van der Waals surface area contributed by atoms with E-state index < -0.39 is 0 Å². The van der Waals surface area contributed by atoms with Gasteiger partial charge in [0.05, 0.1) is 5.69 Å². The molecule has 0 aromatic heterocycles.